The molecule has 120 valence electrons. The van der Waals surface area contributed by atoms with Crippen LogP contribution in [-0.4, -0.2) is 36.7 Å². The molecule has 0 bridgehead atoms. The van der Waals surface area contributed by atoms with Gasteiger partial charge in [-0.1, -0.05) is 0 Å². The lowest BCUT2D eigenvalue weighted by atomic mass is 10.1. The van der Waals surface area contributed by atoms with Crippen LogP contribution in [0.2, 0.25) is 0 Å². The molecule has 3 rings (SSSR count). The quantitative estimate of drug-likeness (QED) is 0.639. The van der Waals surface area contributed by atoms with E-state index in [-0.39, 0.29) is 22.8 Å². The van der Waals surface area contributed by atoms with E-state index in [9.17, 15) is 19.7 Å². The summed E-state index contributed by atoms with van der Waals surface area (Å²) in [6, 6.07) is 2.37. The van der Waals surface area contributed by atoms with Crippen molar-refractivity contribution >= 4 is 40.3 Å². The van der Waals surface area contributed by atoms with Gasteiger partial charge in [-0.05, 0) is 25.3 Å². The maximum Gasteiger partial charge on any atom is 0.306 e. The van der Waals surface area contributed by atoms with Gasteiger partial charge in [0.1, 0.15) is 5.52 Å². The fraction of sp³-hybridized carbons (Fsp3) is 0.385. The number of hydrogen-bond acceptors (Lipinski definition) is 7. The predicted octanol–water partition coefficient (Wildman–Crippen LogP) is 1.58. The van der Waals surface area contributed by atoms with E-state index in [2.05, 4.69) is 14.1 Å². The number of benzene rings is 1. The molecule has 1 fully saturated rings. The average Bonchev–Trinajstić information content (AvgIpc) is 3.14. The zero-order chi connectivity index (χ0) is 16.6. The van der Waals surface area contributed by atoms with Gasteiger partial charge in [0.15, 0.2) is 5.52 Å². The number of amides is 1. The van der Waals surface area contributed by atoms with E-state index in [4.69, 9.17) is 5.11 Å². The van der Waals surface area contributed by atoms with Gasteiger partial charge in [0.05, 0.1) is 22.6 Å². The van der Waals surface area contributed by atoms with Gasteiger partial charge < -0.3 is 10.4 Å². The Labute approximate surface area is 133 Å². The summed E-state index contributed by atoms with van der Waals surface area (Å²) in [5, 5.41) is 22.8. The second-order valence-corrected chi connectivity index (χ2v) is 5.93. The van der Waals surface area contributed by atoms with E-state index >= 15 is 0 Å². The molecule has 1 amide bonds. The minimum absolute atomic E-state index is 0.121. The van der Waals surface area contributed by atoms with E-state index in [1.807, 2.05) is 0 Å². The first-order valence-corrected chi connectivity index (χ1v) is 7.63. The molecule has 23 heavy (non-hydrogen) atoms. The number of non-ortho nitro benzene ring substituents is 1. The standard InChI is InChI=1S/C13H12N4O5S/c18-12(14-8-2-1-6(3-8)13(19)20)7-4-9-11(16-23-15-9)10(5-7)17(21)22/h4-6,8H,1-3H2,(H,14,18)(H,19,20)/t6-,8+/m0/s1. The number of carboxylic acid groups (broad SMARTS) is 1. The highest BCUT2D eigenvalue weighted by molar-refractivity contribution is 7.00. The Hall–Kier alpha value is -2.62. The van der Waals surface area contributed by atoms with Crippen LogP contribution in [0.5, 0.6) is 0 Å². The summed E-state index contributed by atoms with van der Waals surface area (Å²) in [5.41, 5.74) is 0.305. The number of nitro groups is 1. The van der Waals surface area contributed by atoms with E-state index in [0.29, 0.717) is 24.8 Å². The van der Waals surface area contributed by atoms with Crippen LogP contribution in [0.4, 0.5) is 5.69 Å². The van der Waals surface area contributed by atoms with Crippen LogP contribution >= 0.6 is 11.7 Å². The Morgan fingerprint density at radius 2 is 2.13 bits per heavy atom. The number of hydrogen-bond donors (Lipinski definition) is 2. The van der Waals surface area contributed by atoms with Crippen molar-refractivity contribution in [1.29, 1.82) is 0 Å². The van der Waals surface area contributed by atoms with Gasteiger partial charge in [0, 0.05) is 17.7 Å². The molecule has 1 aliphatic rings. The van der Waals surface area contributed by atoms with Crippen molar-refractivity contribution in [3.63, 3.8) is 0 Å². The SMILES string of the molecule is O=C(N[C@@H]1CC[C@H](C(=O)O)C1)c1cc([N+](=O)[O-])c2nsnc2c1. The first-order valence-electron chi connectivity index (χ1n) is 6.90. The fourth-order valence-electron chi connectivity index (χ4n) is 2.75. The highest BCUT2D eigenvalue weighted by Crippen LogP contribution is 2.28. The van der Waals surface area contributed by atoms with Gasteiger partial charge >= 0.3 is 5.97 Å². The third kappa shape index (κ3) is 2.97. The molecule has 2 N–H and O–H groups in total. The largest absolute Gasteiger partial charge is 0.481 e. The third-order valence-electron chi connectivity index (χ3n) is 3.92. The molecular formula is C13H12N4O5S. The van der Waals surface area contributed by atoms with E-state index in [1.165, 1.54) is 12.1 Å². The summed E-state index contributed by atoms with van der Waals surface area (Å²) >= 11 is 0.840. The number of nitrogens with zero attached hydrogens (tertiary/aromatic N) is 3. The molecule has 1 aliphatic carbocycles. The Kier molecular flexibility index (Phi) is 3.90. The summed E-state index contributed by atoms with van der Waals surface area (Å²) in [7, 11) is 0. The second-order valence-electron chi connectivity index (χ2n) is 5.40. The number of carbonyl (C=O) groups excluding carboxylic acids is 1. The lowest BCUT2D eigenvalue weighted by Gasteiger charge is -2.12. The zero-order valence-corrected chi connectivity index (χ0v) is 12.6. The number of rotatable bonds is 4. The number of fused-ring (bicyclic) bond motifs is 1. The molecule has 10 heteroatoms. The molecule has 0 unspecified atom stereocenters. The van der Waals surface area contributed by atoms with Crippen LogP contribution in [0.3, 0.4) is 0 Å². The average molecular weight is 336 g/mol. The van der Waals surface area contributed by atoms with E-state index in [0.717, 1.165) is 11.7 Å². The van der Waals surface area contributed by atoms with Crippen molar-refractivity contribution in [2.75, 3.05) is 0 Å². The zero-order valence-electron chi connectivity index (χ0n) is 11.8. The number of nitro benzene ring substituents is 1. The minimum atomic E-state index is -0.868. The Morgan fingerprint density at radius 3 is 2.78 bits per heavy atom. The van der Waals surface area contributed by atoms with Crippen LogP contribution in [-0.2, 0) is 4.79 Å². The van der Waals surface area contributed by atoms with E-state index < -0.39 is 22.7 Å². The van der Waals surface area contributed by atoms with Crippen LogP contribution in [0.1, 0.15) is 29.6 Å². The summed E-state index contributed by atoms with van der Waals surface area (Å²) in [5.74, 6) is -1.80. The van der Waals surface area contributed by atoms with Crippen LogP contribution in [0, 0.1) is 16.0 Å². The summed E-state index contributed by atoms with van der Waals surface area (Å²) in [6.07, 6.45) is 1.45. The molecule has 1 aromatic carbocycles. The topological polar surface area (TPSA) is 135 Å². The van der Waals surface area contributed by atoms with Gasteiger partial charge in [-0.2, -0.15) is 8.75 Å². The summed E-state index contributed by atoms with van der Waals surface area (Å²) in [4.78, 5) is 33.7. The highest BCUT2D eigenvalue weighted by Gasteiger charge is 2.31. The molecule has 0 saturated heterocycles. The van der Waals surface area contributed by atoms with Gasteiger partial charge in [-0.15, -0.1) is 0 Å². The lowest BCUT2D eigenvalue weighted by Crippen LogP contribution is -2.33. The fourth-order valence-corrected chi connectivity index (χ4v) is 3.29. The molecule has 1 aromatic heterocycles. The predicted molar refractivity (Wildman–Crippen MR) is 80.3 cm³/mol. The normalized spacial score (nSPS) is 20.5. The van der Waals surface area contributed by atoms with Crippen molar-refractivity contribution in [3.8, 4) is 0 Å². The van der Waals surface area contributed by atoms with Crippen molar-refractivity contribution < 1.29 is 19.6 Å². The molecule has 1 heterocycles. The summed E-state index contributed by atoms with van der Waals surface area (Å²) in [6.45, 7) is 0. The third-order valence-corrected chi connectivity index (χ3v) is 4.46. The first kappa shape index (κ1) is 15.3. The van der Waals surface area contributed by atoms with Crippen molar-refractivity contribution in [1.82, 2.24) is 14.1 Å². The molecule has 2 aromatic rings. The minimum Gasteiger partial charge on any atom is -0.481 e. The maximum absolute atomic E-state index is 12.3. The number of nitrogens with one attached hydrogen (secondary N) is 1. The molecular weight excluding hydrogens is 324 g/mol. The van der Waals surface area contributed by atoms with Crippen LogP contribution in [0.15, 0.2) is 12.1 Å². The molecule has 0 spiro atoms. The summed E-state index contributed by atoms with van der Waals surface area (Å²) < 4.78 is 7.81. The monoisotopic (exact) mass is 336 g/mol. The molecule has 2 atom stereocenters. The molecule has 9 nitrogen and oxygen atoms in total. The van der Waals surface area contributed by atoms with Gasteiger partial charge in [-0.3, -0.25) is 19.7 Å². The van der Waals surface area contributed by atoms with Crippen molar-refractivity contribution in [3.05, 3.63) is 27.8 Å². The Morgan fingerprint density at radius 1 is 1.35 bits per heavy atom. The Bertz CT molecular complexity index is 805. The molecule has 0 radical (unpaired) electrons. The number of aromatic nitrogens is 2. The van der Waals surface area contributed by atoms with Crippen molar-refractivity contribution in [2.24, 2.45) is 5.92 Å². The number of aliphatic carboxylic acids is 1. The highest BCUT2D eigenvalue weighted by atomic mass is 32.1. The second kappa shape index (κ2) is 5.88. The van der Waals surface area contributed by atoms with Crippen LogP contribution < -0.4 is 5.32 Å². The van der Waals surface area contributed by atoms with Gasteiger partial charge in [-0.25, -0.2) is 0 Å². The van der Waals surface area contributed by atoms with Crippen molar-refractivity contribution in [2.45, 2.75) is 25.3 Å². The molecule has 0 aliphatic heterocycles. The van der Waals surface area contributed by atoms with Gasteiger partial charge in [0.25, 0.3) is 11.6 Å². The van der Waals surface area contributed by atoms with Crippen LogP contribution in [0.25, 0.3) is 11.0 Å². The van der Waals surface area contributed by atoms with Gasteiger partial charge in [0.2, 0.25) is 0 Å². The number of carboxylic acids is 1. The number of carbonyl (C=O) groups is 2. The Balaban J connectivity index is 1.81. The van der Waals surface area contributed by atoms with E-state index in [1.54, 1.807) is 0 Å². The first-order chi connectivity index (χ1) is 11.0. The maximum atomic E-state index is 12.3. The molecule has 1 saturated carbocycles. The lowest BCUT2D eigenvalue weighted by molar-refractivity contribution is -0.383. The smallest absolute Gasteiger partial charge is 0.306 e.